The average Bonchev–Trinajstić information content (AvgIpc) is 2.68. The highest BCUT2D eigenvalue weighted by molar-refractivity contribution is 6.02. The van der Waals surface area contributed by atoms with E-state index in [0.29, 0.717) is 5.82 Å². The molecular weight excluding hydrogens is 338 g/mol. The fourth-order valence-corrected chi connectivity index (χ4v) is 3.49. The first-order valence-corrected chi connectivity index (χ1v) is 8.88. The van der Waals surface area contributed by atoms with Gasteiger partial charge in [-0.3, -0.25) is 0 Å². The first kappa shape index (κ1) is 15.8. The normalized spacial score (nSPS) is 17.6. The maximum Gasteiger partial charge on any atom is 0.404 e. The van der Waals surface area contributed by atoms with Crippen LogP contribution in [-0.4, -0.2) is 27.4 Å². The quantitative estimate of drug-likeness (QED) is 0.559. The monoisotopic (exact) mass is 356 g/mol. The van der Waals surface area contributed by atoms with Crippen molar-refractivity contribution < 1.29 is 14.0 Å². The molecule has 5 heteroatoms. The summed E-state index contributed by atoms with van der Waals surface area (Å²) in [6, 6.07) is 21.6. The number of benzene rings is 2. The highest BCUT2D eigenvalue weighted by Crippen LogP contribution is 2.32. The van der Waals surface area contributed by atoms with Crippen molar-refractivity contribution in [3.05, 3.63) is 77.9 Å². The maximum absolute atomic E-state index is 6.33. The molecule has 2 aliphatic heterocycles. The van der Waals surface area contributed by atoms with E-state index >= 15 is 0 Å². The van der Waals surface area contributed by atoms with Crippen molar-refractivity contribution in [2.45, 2.75) is 20.3 Å². The minimum absolute atomic E-state index is 0.658. The van der Waals surface area contributed by atoms with Crippen molar-refractivity contribution >= 4 is 23.1 Å². The predicted octanol–water partition coefficient (Wildman–Crippen LogP) is 4.44. The molecule has 132 valence electrons. The number of fused-ring (bicyclic) bond motifs is 6. The molecule has 0 spiro atoms. The van der Waals surface area contributed by atoms with Crippen molar-refractivity contribution in [3.8, 4) is 11.5 Å². The fraction of sp³-hybridized carbons (Fsp3) is 0.136. The van der Waals surface area contributed by atoms with Crippen LogP contribution in [0.2, 0.25) is 0 Å². The van der Waals surface area contributed by atoms with Crippen LogP contribution in [0.4, 0.5) is 11.6 Å². The summed E-state index contributed by atoms with van der Waals surface area (Å²) in [5.74, 6) is 2.92. The second kappa shape index (κ2) is 6.06. The second-order valence-corrected chi connectivity index (χ2v) is 6.54. The zero-order valence-electron chi connectivity index (χ0n) is 15.1. The summed E-state index contributed by atoms with van der Waals surface area (Å²) in [6.07, 6.45) is -0.658. The molecule has 1 unspecified atom stereocenters. The van der Waals surface area contributed by atoms with Crippen LogP contribution in [0.5, 0.6) is 11.5 Å². The summed E-state index contributed by atoms with van der Waals surface area (Å²) < 4.78 is 14.5. The summed E-state index contributed by atoms with van der Waals surface area (Å²) in [5.41, 5.74) is 3.81. The Bertz CT molecular complexity index is 1120. The molecule has 0 saturated heterocycles. The van der Waals surface area contributed by atoms with E-state index in [-0.39, 0.29) is 0 Å². The topological polar surface area (TPSA) is 46.7 Å². The summed E-state index contributed by atoms with van der Waals surface area (Å²) in [6.45, 7) is 4.02. The molecule has 2 aromatic carbocycles. The number of aromatic nitrogens is 1. The largest absolute Gasteiger partial charge is 0.419 e. The van der Waals surface area contributed by atoms with Gasteiger partial charge in [0.2, 0.25) is 0 Å². The third-order valence-corrected chi connectivity index (χ3v) is 4.83. The van der Waals surface area contributed by atoms with Crippen LogP contribution in [0.15, 0.2) is 71.7 Å². The van der Waals surface area contributed by atoms with E-state index in [9.17, 15) is 0 Å². The van der Waals surface area contributed by atoms with Gasteiger partial charge in [0.25, 0.3) is 5.82 Å². The molecule has 3 aromatic rings. The third kappa shape index (κ3) is 2.59. The van der Waals surface area contributed by atoms with Crippen LogP contribution in [0.25, 0.3) is 0 Å². The highest BCUT2D eigenvalue weighted by Gasteiger charge is 2.35. The Labute approximate surface area is 157 Å². The summed E-state index contributed by atoms with van der Waals surface area (Å²) in [7, 11) is 0. The molecule has 1 atom stereocenters. The van der Waals surface area contributed by atoms with Crippen LogP contribution >= 0.6 is 0 Å². The molecular formula is C22H18N3O2+. The van der Waals surface area contributed by atoms with E-state index < -0.39 is 6.41 Å². The summed E-state index contributed by atoms with van der Waals surface area (Å²) in [5, 5.41) is 0. The van der Waals surface area contributed by atoms with E-state index in [0.717, 1.165) is 39.9 Å². The van der Waals surface area contributed by atoms with Gasteiger partial charge in [-0.25, -0.2) is 4.99 Å². The van der Waals surface area contributed by atoms with E-state index in [4.69, 9.17) is 14.5 Å². The number of aliphatic imine (C=N–C) groups is 1. The van der Waals surface area contributed by atoms with Gasteiger partial charge >= 0.3 is 12.2 Å². The van der Waals surface area contributed by atoms with Gasteiger partial charge in [-0.1, -0.05) is 24.3 Å². The van der Waals surface area contributed by atoms with Crippen molar-refractivity contribution in [1.29, 1.82) is 0 Å². The lowest BCUT2D eigenvalue weighted by atomic mass is 10.1. The zero-order chi connectivity index (χ0) is 18.4. The van der Waals surface area contributed by atoms with Gasteiger partial charge < -0.3 is 9.47 Å². The smallest absolute Gasteiger partial charge is 0.404 e. The van der Waals surface area contributed by atoms with Gasteiger partial charge in [-0.05, 0) is 49.2 Å². The summed E-state index contributed by atoms with van der Waals surface area (Å²) >= 11 is 0. The van der Waals surface area contributed by atoms with Crippen molar-refractivity contribution in [1.82, 2.24) is 4.98 Å². The molecule has 27 heavy (non-hydrogen) atoms. The Hall–Kier alpha value is -3.47. The minimum Gasteiger partial charge on any atom is -0.419 e. The standard InChI is InChI=1S/C22H18N3O2/c1-14-16-8-3-5-10-18(16)26-22-25(21-13-7-12-20(23-14)24-21)15(2)17-9-4-6-11-19(17)27-22/h3-13,22H,1-2H3/q+1. The lowest BCUT2D eigenvalue weighted by Crippen LogP contribution is -2.41. The Balaban J connectivity index is 1.80. The maximum atomic E-state index is 6.33. The number of para-hydroxylation sites is 2. The molecule has 2 bridgehead atoms. The minimum atomic E-state index is -0.658. The number of pyridine rings is 1. The number of nitrogens with zero attached hydrogens (tertiary/aromatic N) is 3. The SMILES string of the molecule is CC1=Nc2cccc(n2)[N+]2=C(C)c3ccccc3OC2Oc2ccccc21. The van der Waals surface area contributed by atoms with Gasteiger partial charge in [-0.15, -0.1) is 0 Å². The average molecular weight is 356 g/mol. The van der Waals surface area contributed by atoms with Gasteiger partial charge in [0.05, 0.1) is 11.3 Å². The van der Waals surface area contributed by atoms with Crippen molar-refractivity contribution in [2.24, 2.45) is 4.99 Å². The highest BCUT2D eigenvalue weighted by atomic mass is 16.7. The lowest BCUT2D eigenvalue weighted by molar-refractivity contribution is -0.581. The molecule has 5 nitrogen and oxygen atoms in total. The van der Waals surface area contributed by atoms with Crippen LogP contribution in [0.1, 0.15) is 25.0 Å². The van der Waals surface area contributed by atoms with Crippen molar-refractivity contribution in [2.75, 3.05) is 0 Å². The van der Waals surface area contributed by atoms with E-state index in [2.05, 4.69) is 11.9 Å². The fourth-order valence-electron chi connectivity index (χ4n) is 3.49. The van der Waals surface area contributed by atoms with Crippen LogP contribution < -0.4 is 9.47 Å². The molecule has 2 aliphatic rings. The molecule has 0 aliphatic carbocycles. The third-order valence-electron chi connectivity index (χ3n) is 4.83. The van der Waals surface area contributed by atoms with Crippen molar-refractivity contribution in [3.63, 3.8) is 0 Å². The molecule has 0 N–H and O–H groups in total. The Kier molecular flexibility index (Phi) is 3.53. The van der Waals surface area contributed by atoms with Gasteiger partial charge in [0.1, 0.15) is 17.2 Å². The number of rotatable bonds is 0. The van der Waals surface area contributed by atoms with E-state index in [1.54, 1.807) is 0 Å². The van der Waals surface area contributed by atoms with Gasteiger partial charge in [-0.2, -0.15) is 4.58 Å². The predicted molar refractivity (Wildman–Crippen MR) is 104 cm³/mol. The Morgan fingerprint density at radius 3 is 2.22 bits per heavy atom. The van der Waals surface area contributed by atoms with E-state index in [1.165, 1.54) is 0 Å². The molecule has 0 saturated carbocycles. The first-order valence-electron chi connectivity index (χ1n) is 8.88. The molecule has 3 heterocycles. The molecule has 5 rings (SSSR count). The second-order valence-electron chi connectivity index (χ2n) is 6.54. The van der Waals surface area contributed by atoms with Crippen LogP contribution in [0, 0.1) is 0 Å². The zero-order valence-corrected chi connectivity index (χ0v) is 15.1. The first-order chi connectivity index (χ1) is 13.2. The van der Waals surface area contributed by atoms with Crippen LogP contribution in [0.3, 0.4) is 0 Å². The summed E-state index contributed by atoms with van der Waals surface area (Å²) in [4.78, 5) is 9.41. The molecule has 0 amide bonds. The lowest BCUT2D eigenvalue weighted by Gasteiger charge is -2.28. The van der Waals surface area contributed by atoms with Gasteiger partial charge in [0.15, 0.2) is 0 Å². The Morgan fingerprint density at radius 1 is 0.778 bits per heavy atom. The van der Waals surface area contributed by atoms with Gasteiger partial charge in [0, 0.05) is 17.7 Å². The molecule has 0 radical (unpaired) electrons. The van der Waals surface area contributed by atoms with E-state index in [1.807, 2.05) is 78.2 Å². The number of hydrogen-bond acceptors (Lipinski definition) is 4. The van der Waals surface area contributed by atoms with Crippen LogP contribution in [-0.2, 0) is 0 Å². The Morgan fingerprint density at radius 2 is 1.44 bits per heavy atom. The molecule has 1 aromatic heterocycles. The number of ether oxygens (including phenoxy) is 2. The molecule has 0 fully saturated rings. The number of hydrogen-bond donors (Lipinski definition) is 0.